The summed E-state index contributed by atoms with van der Waals surface area (Å²) >= 11 is 0. The predicted molar refractivity (Wildman–Crippen MR) is 95.9 cm³/mol. The van der Waals surface area contributed by atoms with Crippen molar-refractivity contribution in [2.24, 2.45) is 0 Å². The number of carbonyl (C=O) groups is 3. The number of esters is 1. The summed E-state index contributed by atoms with van der Waals surface area (Å²) in [5, 5.41) is 9.84. The molecule has 0 heterocycles. The molecule has 0 aromatic heterocycles. The van der Waals surface area contributed by atoms with Gasteiger partial charge in [0, 0.05) is 23.1 Å². The highest BCUT2D eigenvalue weighted by Gasteiger charge is 2.31. The minimum atomic E-state index is -0.813. The van der Waals surface area contributed by atoms with E-state index in [9.17, 15) is 19.5 Å². The number of hydrogen-bond acceptors (Lipinski definition) is 5. The van der Waals surface area contributed by atoms with Gasteiger partial charge in [0.25, 0.3) is 0 Å². The van der Waals surface area contributed by atoms with E-state index in [1.54, 1.807) is 19.9 Å². The summed E-state index contributed by atoms with van der Waals surface area (Å²) in [6, 6.07) is 0. The van der Waals surface area contributed by atoms with Crippen LogP contribution < -0.4 is 0 Å². The SMILES string of the molecule is C=C(C1=CC(=O)C(C)=C(O)C1=O)[C@H](CC=C(C)C)OC(=O)/C(C)=C\C. The Balaban J connectivity index is 3.17. The quantitative estimate of drug-likeness (QED) is 0.344. The Hall–Kier alpha value is -2.69. The van der Waals surface area contributed by atoms with Crippen molar-refractivity contribution in [1.82, 2.24) is 0 Å². The lowest BCUT2D eigenvalue weighted by Gasteiger charge is -2.22. The summed E-state index contributed by atoms with van der Waals surface area (Å²) < 4.78 is 5.46. The molecule has 0 aliphatic heterocycles. The molecule has 25 heavy (non-hydrogen) atoms. The zero-order valence-corrected chi connectivity index (χ0v) is 15.3. The Labute approximate surface area is 148 Å². The van der Waals surface area contributed by atoms with Crippen molar-refractivity contribution in [2.75, 3.05) is 0 Å². The second kappa shape index (κ2) is 8.42. The Kier molecular flexibility index (Phi) is 6.86. The first-order valence-corrected chi connectivity index (χ1v) is 7.97. The van der Waals surface area contributed by atoms with Crippen molar-refractivity contribution in [3.8, 4) is 0 Å². The van der Waals surface area contributed by atoms with Gasteiger partial charge in [0.1, 0.15) is 6.10 Å². The molecule has 5 heteroatoms. The molecule has 0 aromatic carbocycles. The number of aliphatic hydroxyl groups excluding tert-OH is 1. The molecule has 0 unspecified atom stereocenters. The molecule has 1 atom stereocenters. The van der Waals surface area contributed by atoms with E-state index in [0.29, 0.717) is 12.0 Å². The third-order valence-corrected chi connectivity index (χ3v) is 3.94. The fourth-order valence-electron chi connectivity index (χ4n) is 2.08. The summed E-state index contributed by atoms with van der Waals surface area (Å²) in [5.41, 5.74) is 1.58. The van der Waals surface area contributed by atoms with Crippen molar-refractivity contribution >= 4 is 17.5 Å². The minimum Gasteiger partial charge on any atom is -0.504 e. The first-order chi connectivity index (χ1) is 11.6. The summed E-state index contributed by atoms with van der Waals surface area (Å²) in [5.74, 6) is -2.28. The third-order valence-electron chi connectivity index (χ3n) is 3.94. The zero-order valence-electron chi connectivity index (χ0n) is 15.3. The lowest BCUT2D eigenvalue weighted by molar-refractivity contribution is -0.142. The van der Waals surface area contributed by atoms with Crippen molar-refractivity contribution in [2.45, 2.75) is 47.1 Å². The van der Waals surface area contributed by atoms with Crippen molar-refractivity contribution in [3.05, 3.63) is 58.4 Å². The first-order valence-electron chi connectivity index (χ1n) is 7.97. The second-order valence-electron chi connectivity index (χ2n) is 6.13. The van der Waals surface area contributed by atoms with Crippen molar-refractivity contribution in [1.29, 1.82) is 0 Å². The smallest absolute Gasteiger partial charge is 0.333 e. The van der Waals surface area contributed by atoms with E-state index < -0.39 is 29.4 Å². The van der Waals surface area contributed by atoms with Crippen LogP contribution in [0.1, 0.15) is 41.0 Å². The summed E-state index contributed by atoms with van der Waals surface area (Å²) in [6.45, 7) is 12.3. The van der Waals surface area contributed by atoms with Gasteiger partial charge in [-0.15, -0.1) is 0 Å². The molecule has 0 saturated heterocycles. The number of rotatable bonds is 6. The van der Waals surface area contributed by atoms with Gasteiger partial charge in [0.15, 0.2) is 11.5 Å². The third kappa shape index (κ3) is 4.89. The second-order valence-corrected chi connectivity index (χ2v) is 6.13. The first kappa shape index (κ1) is 20.4. The topological polar surface area (TPSA) is 80.7 Å². The molecule has 1 aliphatic carbocycles. The summed E-state index contributed by atoms with van der Waals surface area (Å²) in [7, 11) is 0. The molecule has 0 bridgehead atoms. The Morgan fingerprint density at radius 3 is 2.44 bits per heavy atom. The number of carbonyl (C=O) groups excluding carboxylic acids is 3. The number of aliphatic hydroxyl groups is 1. The molecule has 0 aromatic rings. The molecular formula is C20H24O5. The van der Waals surface area contributed by atoms with Crippen molar-refractivity contribution in [3.63, 3.8) is 0 Å². The van der Waals surface area contributed by atoms with Gasteiger partial charge in [-0.05, 0) is 46.3 Å². The fraction of sp³-hybridized carbons (Fsp3) is 0.350. The van der Waals surface area contributed by atoms with Crippen LogP contribution in [0.5, 0.6) is 0 Å². The highest BCUT2D eigenvalue weighted by Crippen LogP contribution is 2.27. The molecule has 0 amide bonds. The van der Waals surface area contributed by atoms with Gasteiger partial charge in [-0.1, -0.05) is 24.3 Å². The maximum Gasteiger partial charge on any atom is 0.333 e. The predicted octanol–water partition coefficient (Wildman–Crippen LogP) is 3.69. The summed E-state index contributed by atoms with van der Waals surface area (Å²) in [4.78, 5) is 36.3. The van der Waals surface area contributed by atoms with Crippen LogP contribution in [0.15, 0.2) is 58.4 Å². The molecule has 1 rings (SSSR count). The lowest BCUT2D eigenvalue weighted by atomic mass is 9.88. The standard InChI is InChI=1S/C20H24O5/c1-7-12(4)20(24)25-17(9-8-11(2)3)13(5)15-10-16(21)14(6)18(22)19(15)23/h7-8,10,17,22H,5,9H2,1-4,6H3/b12-7-/t17-/m0/s1. The van der Waals surface area contributed by atoms with E-state index in [1.165, 1.54) is 6.92 Å². The molecule has 134 valence electrons. The van der Waals surface area contributed by atoms with Gasteiger partial charge in [-0.3, -0.25) is 9.59 Å². The van der Waals surface area contributed by atoms with E-state index in [0.717, 1.165) is 11.6 Å². The number of ether oxygens (including phenoxy) is 1. The molecule has 5 nitrogen and oxygen atoms in total. The van der Waals surface area contributed by atoms with Gasteiger partial charge < -0.3 is 9.84 Å². The normalized spacial score (nSPS) is 16.4. The van der Waals surface area contributed by atoms with Crippen LogP contribution in [0.3, 0.4) is 0 Å². The van der Waals surface area contributed by atoms with E-state index in [4.69, 9.17) is 4.74 Å². The van der Waals surface area contributed by atoms with Gasteiger partial charge in [0.05, 0.1) is 0 Å². The lowest BCUT2D eigenvalue weighted by Crippen LogP contribution is -2.26. The molecule has 0 spiro atoms. The maximum atomic E-state index is 12.3. The van der Waals surface area contributed by atoms with Crippen LogP contribution in [0.2, 0.25) is 0 Å². The highest BCUT2D eigenvalue weighted by molar-refractivity contribution is 6.23. The van der Waals surface area contributed by atoms with E-state index in [2.05, 4.69) is 6.58 Å². The Morgan fingerprint density at radius 2 is 1.92 bits per heavy atom. The summed E-state index contributed by atoms with van der Waals surface area (Å²) in [6.07, 6.45) is 4.10. The number of Topliss-reactive ketones (excluding diaryl/α,β-unsaturated/α-hetero) is 1. The van der Waals surface area contributed by atoms with Crippen LogP contribution in [-0.4, -0.2) is 28.7 Å². The van der Waals surface area contributed by atoms with Crippen LogP contribution in [0.4, 0.5) is 0 Å². The number of hydrogen-bond donors (Lipinski definition) is 1. The van der Waals surface area contributed by atoms with Gasteiger partial charge in [-0.25, -0.2) is 4.79 Å². The zero-order chi connectivity index (χ0) is 19.3. The molecular weight excluding hydrogens is 320 g/mol. The number of allylic oxidation sites excluding steroid dienone is 5. The van der Waals surface area contributed by atoms with Crippen LogP contribution >= 0.6 is 0 Å². The van der Waals surface area contributed by atoms with Gasteiger partial charge in [0.2, 0.25) is 5.78 Å². The maximum absolute atomic E-state index is 12.3. The Bertz CT molecular complexity index is 740. The van der Waals surface area contributed by atoms with E-state index in [-0.39, 0.29) is 16.7 Å². The van der Waals surface area contributed by atoms with E-state index in [1.807, 2.05) is 19.9 Å². The monoisotopic (exact) mass is 344 g/mol. The van der Waals surface area contributed by atoms with Crippen LogP contribution in [0.25, 0.3) is 0 Å². The van der Waals surface area contributed by atoms with Crippen molar-refractivity contribution < 1.29 is 24.2 Å². The largest absolute Gasteiger partial charge is 0.504 e. The highest BCUT2D eigenvalue weighted by atomic mass is 16.5. The molecule has 0 fully saturated rings. The fourth-order valence-corrected chi connectivity index (χ4v) is 2.08. The molecule has 0 saturated carbocycles. The number of ketones is 2. The minimum absolute atomic E-state index is 0.0100. The average molecular weight is 344 g/mol. The van der Waals surface area contributed by atoms with Crippen LogP contribution in [-0.2, 0) is 19.1 Å². The molecule has 0 radical (unpaired) electrons. The average Bonchev–Trinajstić information content (AvgIpc) is 2.57. The van der Waals surface area contributed by atoms with E-state index >= 15 is 0 Å². The van der Waals surface area contributed by atoms with Gasteiger partial charge >= 0.3 is 5.97 Å². The van der Waals surface area contributed by atoms with Gasteiger partial charge in [-0.2, -0.15) is 0 Å². The molecule has 1 N–H and O–H groups in total. The Morgan fingerprint density at radius 1 is 1.32 bits per heavy atom. The molecule has 1 aliphatic rings. The van der Waals surface area contributed by atoms with Crippen LogP contribution in [0, 0.1) is 0 Å².